The molecule has 0 saturated carbocycles. The van der Waals surface area contributed by atoms with Gasteiger partial charge in [-0.15, -0.1) is 0 Å². The van der Waals surface area contributed by atoms with Crippen LogP contribution in [-0.4, -0.2) is 33.3 Å². The highest BCUT2D eigenvalue weighted by atomic mass is 16.4. The minimum atomic E-state index is -0.734. The van der Waals surface area contributed by atoms with Crippen LogP contribution in [0.4, 0.5) is 4.79 Å². The summed E-state index contributed by atoms with van der Waals surface area (Å²) in [6, 6.07) is 0.153. The molecule has 0 aromatic rings. The third kappa shape index (κ3) is 1.78. The molecular formula is C11H24NO2+. The topological polar surface area (TPSA) is 37.3 Å². The summed E-state index contributed by atoms with van der Waals surface area (Å²) in [6.07, 6.45) is -0.734. The van der Waals surface area contributed by atoms with Crippen LogP contribution in [0, 0.1) is 0 Å². The van der Waals surface area contributed by atoms with Crippen LogP contribution in [0.25, 0.3) is 0 Å². The van der Waals surface area contributed by atoms with Gasteiger partial charge in [0, 0.05) is 0 Å². The molecule has 0 atom stereocenters. The SMILES string of the molecule is CC(C)[N+](C(=O)O)(C(C)C)C(C)(C)C. The van der Waals surface area contributed by atoms with Crippen LogP contribution < -0.4 is 0 Å². The zero-order chi connectivity index (χ0) is 11.7. The molecule has 0 rings (SSSR count). The van der Waals surface area contributed by atoms with E-state index in [4.69, 9.17) is 0 Å². The Kier molecular flexibility index (Phi) is 3.73. The lowest BCUT2D eigenvalue weighted by Gasteiger charge is -2.49. The van der Waals surface area contributed by atoms with Crippen molar-refractivity contribution < 1.29 is 14.4 Å². The summed E-state index contributed by atoms with van der Waals surface area (Å²) in [7, 11) is 0. The molecule has 3 nitrogen and oxygen atoms in total. The monoisotopic (exact) mass is 202 g/mol. The Labute approximate surface area is 87.3 Å². The molecule has 0 saturated heterocycles. The first-order chi connectivity index (χ1) is 6.08. The molecule has 1 amide bonds. The molecule has 0 radical (unpaired) electrons. The first kappa shape index (κ1) is 13.4. The number of rotatable bonds is 2. The van der Waals surface area contributed by atoms with Gasteiger partial charge in [-0.2, -0.15) is 4.79 Å². The van der Waals surface area contributed by atoms with Crippen molar-refractivity contribution in [3.05, 3.63) is 0 Å². The average molecular weight is 202 g/mol. The fourth-order valence-electron chi connectivity index (χ4n) is 2.87. The maximum Gasteiger partial charge on any atom is 0.514 e. The molecule has 0 aromatic carbocycles. The third-order valence-corrected chi connectivity index (χ3v) is 3.06. The fourth-order valence-corrected chi connectivity index (χ4v) is 2.87. The summed E-state index contributed by atoms with van der Waals surface area (Å²) in [5, 5.41) is 9.47. The molecule has 0 spiro atoms. The second-order valence-corrected chi connectivity index (χ2v) is 5.42. The summed E-state index contributed by atoms with van der Waals surface area (Å²) in [4.78, 5) is 11.5. The van der Waals surface area contributed by atoms with Crippen molar-refractivity contribution in [1.82, 2.24) is 0 Å². The molecule has 0 heterocycles. The Hall–Kier alpha value is -0.570. The Balaban J connectivity index is 5.53. The molecule has 3 heteroatoms. The van der Waals surface area contributed by atoms with E-state index in [2.05, 4.69) is 0 Å². The van der Waals surface area contributed by atoms with Gasteiger partial charge < -0.3 is 5.11 Å². The smallest absolute Gasteiger partial charge is 0.435 e. The van der Waals surface area contributed by atoms with E-state index in [-0.39, 0.29) is 22.1 Å². The van der Waals surface area contributed by atoms with Gasteiger partial charge in [0.1, 0.15) is 5.54 Å². The van der Waals surface area contributed by atoms with Crippen LogP contribution in [-0.2, 0) is 0 Å². The van der Waals surface area contributed by atoms with Crippen molar-refractivity contribution in [1.29, 1.82) is 0 Å². The first-order valence-corrected chi connectivity index (χ1v) is 5.20. The summed E-state index contributed by atoms with van der Waals surface area (Å²) >= 11 is 0. The second-order valence-electron chi connectivity index (χ2n) is 5.42. The number of hydrogen-bond acceptors (Lipinski definition) is 1. The minimum Gasteiger partial charge on any atom is -0.435 e. The van der Waals surface area contributed by atoms with Crippen molar-refractivity contribution in [2.45, 2.75) is 66.1 Å². The number of quaternary nitrogens is 1. The van der Waals surface area contributed by atoms with Gasteiger partial charge in [-0.25, -0.2) is 4.48 Å². The molecule has 84 valence electrons. The normalized spacial score (nSPS) is 13.8. The summed E-state index contributed by atoms with van der Waals surface area (Å²) in [5.74, 6) is 0. The molecule has 0 unspecified atom stereocenters. The highest BCUT2D eigenvalue weighted by Gasteiger charge is 2.52. The van der Waals surface area contributed by atoms with E-state index in [9.17, 15) is 9.90 Å². The zero-order valence-corrected chi connectivity index (χ0v) is 10.5. The third-order valence-electron chi connectivity index (χ3n) is 3.06. The molecule has 0 bridgehead atoms. The number of carboxylic acid groups (broad SMARTS) is 1. The van der Waals surface area contributed by atoms with E-state index >= 15 is 0 Å². The zero-order valence-electron chi connectivity index (χ0n) is 10.5. The largest absolute Gasteiger partial charge is 0.514 e. The van der Waals surface area contributed by atoms with Gasteiger partial charge in [-0.05, 0) is 48.5 Å². The maximum atomic E-state index is 11.5. The van der Waals surface area contributed by atoms with Crippen molar-refractivity contribution >= 4 is 6.09 Å². The van der Waals surface area contributed by atoms with Gasteiger partial charge in [-0.1, -0.05) is 0 Å². The molecule has 0 aliphatic rings. The lowest BCUT2D eigenvalue weighted by Crippen LogP contribution is -2.70. The highest BCUT2D eigenvalue weighted by Crippen LogP contribution is 2.32. The number of nitrogens with zero attached hydrogens (tertiary/aromatic N) is 1. The van der Waals surface area contributed by atoms with Crippen LogP contribution in [0.2, 0.25) is 0 Å². The minimum absolute atomic E-state index is 0.0764. The lowest BCUT2D eigenvalue weighted by molar-refractivity contribution is -0.941. The van der Waals surface area contributed by atoms with Gasteiger partial charge >= 0.3 is 6.09 Å². The van der Waals surface area contributed by atoms with Gasteiger partial charge in [0.05, 0.1) is 12.1 Å². The summed E-state index contributed by atoms with van der Waals surface area (Å²) < 4.78 is 0.104. The van der Waals surface area contributed by atoms with Gasteiger partial charge in [0.25, 0.3) is 0 Å². The molecule has 0 aliphatic carbocycles. The summed E-state index contributed by atoms with van der Waals surface area (Å²) in [6.45, 7) is 13.8. The molecular weight excluding hydrogens is 178 g/mol. The Morgan fingerprint density at radius 1 is 1.07 bits per heavy atom. The van der Waals surface area contributed by atoms with E-state index in [0.29, 0.717) is 0 Å². The van der Waals surface area contributed by atoms with Crippen LogP contribution in [0.5, 0.6) is 0 Å². The number of hydrogen-bond donors (Lipinski definition) is 1. The predicted octanol–water partition coefficient (Wildman–Crippen LogP) is 3.10. The fraction of sp³-hybridized carbons (Fsp3) is 0.909. The van der Waals surface area contributed by atoms with Gasteiger partial charge in [0.15, 0.2) is 0 Å². The first-order valence-electron chi connectivity index (χ1n) is 5.20. The predicted molar refractivity (Wildman–Crippen MR) is 58.3 cm³/mol. The van der Waals surface area contributed by atoms with E-state index in [1.165, 1.54) is 0 Å². The second kappa shape index (κ2) is 3.89. The number of amides is 1. The molecule has 0 fully saturated rings. The van der Waals surface area contributed by atoms with E-state index in [0.717, 1.165) is 0 Å². The summed E-state index contributed by atoms with van der Waals surface area (Å²) in [5.41, 5.74) is -0.284. The van der Waals surface area contributed by atoms with E-state index in [1.807, 2.05) is 48.5 Å². The number of carbonyl (C=O) groups is 1. The van der Waals surface area contributed by atoms with E-state index in [1.54, 1.807) is 0 Å². The average Bonchev–Trinajstić information content (AvgIpc) is 1.79. The molecule has 1 N–H and O–H groups in total. The van der Waals surface area contributed by atoms with Crippen molar-refractivity contribution in [3.63, 3.8) is 0 Å². The van der Waals surface area contributed by atoms with Gasteiger partial charge in [0.2, 0.25) is 0 Å². The maximum absolute atomic E-state index is 11.5. The van der Waals surface area contributed by atoms with Gasteiger partial charge in [-0.3, -0.25) is 0 Å². The van der Waals surface area contributed by atoms with Crippen molar-refractivity contribution in [2.24, 2.45) is 0 Å². The van der Waals surface area contributed by atoms with Crippen LogP contribution >= 0.6 is 0 Å². The van der Waals surface area contributed by atoms with E-state index < -0.39 is 6.09 Å². The molecule has 0 aliphatic heterocycles. The standard InChI is InChI=1S/C11H23NO2/c1-8(2)12(9(3)4,10(13)14)11(5,6)7/h8-9H,1-7H3/p+1. The Morgan fingerprint density at radius 2 is 1.36 bits per heavy atom. The Bertz CT molecular complexity index is 206. The Morgan fingerprint density at radius 3 is 1.36 bits per heavy atom. The molecule has 0 aromatic heterocycles. The molecule has 14 heavy (non-hydrogen) atoms. The highest BCUT2D eigenvalue weighted by molar-refractivity contribution is 5.57. The van der Waals surface area contributed by atoms with Crippen molar-refractivity contribution in [2.75, 3.05) is 0 Å². The quantitative estimate of drug-likeness (QED) is 0.699. The van der Waals surface area contributed by atoms with Crippen LogP contribution in [0.3, 0.4) is 0 Å². The lowest BCUT2D eigenvalue weighted by atomic mass is 9.95. The van der Waals surface area contributed by atoms with Crippen LogP contribution in [0.15, 0.2) is 0 Å². The van der Waals surface area contributed by atoms with Crippen molar-refractivity contribution in [3.8, 4) is 0 Å². The van der Waals surface area contributed by atoms with Crippen LogP contribution in [0.1, 0.15) is 48.5 Å².